The SMILES string of the molecule is Cn1nccc1-c1oc(C(N)=O)c([C@@H](CN)Cc2cccc(C(F)(F)F)c2)c1Br. The highest BCUT2D eigenvalue weighted by Gasteiger charge is 2.32. The molecule has 0 bridgehead atoms. The summed E-state index contributed by atoms with van der Waals surface area (Å²) >= 11 is 3.45. The molecule has 6 nitrogen and oxygen atoms in total. The number of aryl methyl sites for hydroxylation is 1. The van der Waals surface area contributed by atoms with Crippen LogP contribution in [0.3, 0.4) is 0 Å². The molecule has 0 saturated carbocycles. The van der Waals surface area contributed by atoms with Crippen LogP contribution >= 0.6 is 15.9 Å². The van der Waals surface area contributed by atoms with Crippen molar-refractivity contribution >= 4 is 21.8 Å². The number of rotatable bonds is 6. The van der Waals surface area contributed by atoms with E-state index in [1.807, 2.05) is 0 Å². The number of aromatic nitrogens is 2. The van der Waals surface area contributed by atoms with Gasteiger partial charge in [0.05, 0.1) is 10.0 Å². The van der Waals surface area contributed by atoms with Crippen LogP contribution in [-0.2, 0) is 19.6 Å². The Hall–Kier alpha value is -2.59. The fourth-order valence-electron chi connectivity index (χ4n) is 3.20. The quantitative estimate of drug-likeness (QED) is 0.571. The van der Waals surface area contributed by atoms with Gasteiger partial charge in [0, 0.05) is 24.7 Å². The molecule has 0 aliphatic carbocycles. The van der Waals surface area contributed by atoms with Crippen LogP contribution in [0, 0.1) is 0 Å². The molecule has 1 aromatic carbocycles. The average molecular weight is 471 g/mol. The summed E-state index contributed by atoms with van der Waals surface area (Å²) < 4.78 is 46.8. The zero-order chi connectivity index (χ0) is 21.3. The van der Waals surface area contributed by atoms with Gasteiger partial charge in [-0.3, -0.25) is 9.48 Å². The third-order valence-electron chi connectivity index (χ3n) is 4.59. The third-order valence-corrected chi connectivity index (χ3v) is 5.38. The van der Waals surface area contributed by atoms with E-state index in [4.69, 9.17) is 15.9 Å². The summed E-state index contributed by atoms with van der Waals surface area (Å²) in [7, 11) is 1.71. The molecule has 3 aromatic rings. The van der Waals surface area contributed by atoms with Crippen LogP contribution in [0.2, 0.25) is 0 Å². The lowest BCUT2D eigenvalue weighted by Gasteiger charge is -2.16. The van der Waals surface area contributed by atoms with Crippen molar-refractivity contribution in [2.24, 2.45) is 18.5 Å². The topological polar surface area (TPSA) is 100 Å². The predicted molar refractivity (Wildman–Crippen MR) is 104 cm³/mol. The lowest BCUT2D eigenvalue weighted by atomic mass is 9.91. The van der Waals surface area contributed by atoms with Crippen LogP contribution in [0.5, 0.6) is 0 Å². The first-order chi connectivity index (χ1) is 13.6. The molecule has 0 spiro atoms. The van der Waals surface area contributed by atoms with E-state index in [0.29, 0.717) is 27.1 Å². The first-order valence-corrected chi connectivity index (χ1v) is 9.39. The molecule has 0 radical (unpaired) electrons. The fourth-order valence-corrected chi connectivity index (χ4v) is 3.98. The van der Waals surface area contributed by atoms with Crippen molar-refractivity contribution in [1.82, 2.24) is 9.78 Å². The average Bonchev–Trinajstić information content (AvgIpc) is 3.22. The molecular weight excluding hydrogens is 453 g/mol. The van der Waals surface area contributed by atoms with Crippen molar-refractivity contribution in [2.45, 2.75) is 18.5 Å². The second-order valence-electron chi connectivity index (χ2n) is 6.53. The monoisotopic (exact) mass is 470 g/mol. The number of carbonyl (C=O) groups is 1. The van der Waals surface area contributed by atoms with Gasteiger partial charge >= 0.3 is 6.18 Å². The summed E-state index contributed by atoms with van der Waals surface area (Å²) in [6, 6.07) is 6.69. The van der Waals surface area contributed by atoms with Crippen molar-refractivity contribution in [1.29, 1.82) is 0 Å². The standard InChI is InChI=1S/C19H18BrF3N4O2/c1-27-13(5-6-26-27)16-15(20)14(17(29-16)18(25)28)11(9-24)7-10-3-2-4-12(8-10)19(21,22)23/h2-6,8,11H,7,9,24H2,1H3,(H2,25,28)/t11-/m1/s1. The zero-order valence-corrected chi connectivity index (χ0v) is 16.9. The van der Waals surface area contributed by atoms with Gasteiger partial charge in [0.2, 0.25) is 0 Å². The lowest BCUT2D eigenvalue weighted by molar-refractivity contribution is -0.137. The molecule has 4 N–H and O–H groups in total. The number of amides is 1. The third kappa shape index (κ3) is 4.23. The van der Waals surface area contributed by atoms with E-state index >= 15 is 0 Å². The molecule has 0 fully saturated rings. The lowest BCUT2D eigenvalue weighted by Crippen LogP contribution is -2.20. The molecule has 3 rings (SSSR count). The Morgan fingerprint density at radius 2 is 2.07 bits per heavy atom. The number of halogens is 4. The Balaban J connectivity index is 2.05. The number of nitrogens with two attached hydrogens (primary N) is 2. The van der Waals surface area contributed by atoms with Crippen LogP contribution in [0.1, 0.15) is 33.2 Å². The number of nitrogens with zero attached hydrogens (tertiary/aromatic N) is 2. The summed E-state index contributed by atoms with van der Waals surface area (Å²) in [6.45, 7) is 0.0689. The van der Waals surface area contributed by atoms with Gasteiger partial charge in [-0.15, -0.1) is 0 Å². The fraction of sp³-hybridized carbons (Fsp3) is 0.263. The second kappa shape index (κ2) is 8.03. The van der Waals surface area contributed by atoms with Crippen molar-refractivity contribution in [3.63, 3.8) is 0 Å². The summed E-state index contributed by atoms with van der Waals surface area (Å²) in [4.78, 5) is 12.0. The largest absolute Gasteiger partial charge is 0.448 e. The van der Waals surface area contributed by atoms with E-state index in [-0.39, 0.29) is 18.7 Å². The minimum absolute atomic E-state index is 0.0689. The smallest absolute Gasteiger partial charge is 0.416 e. The Bertz CT molecular complexity index is 1040. The van der Waals surface area contributed by atoms with Gasteiger partial charge in [0.1, 0.15) is 5.69 Å². The maximum Gasteiger partial charge on any atom is 0.416 e. The minimum atomic E-state index is -4.45. The van der Waals surface area contributed by atoms with Gasteiger partial charge in [-0.05, 0) is 46.6 Å². The second-order valence-corrected chi connectivity index (χ2v) is 7.32. The van der Waals surface area contributed by atoms with E-state index in [1.54, 1.807) is 30.1 Å². The Morgan fingerprint density at radius 1 is 1.34 bits per heavy atom. The molecule has 0 aliphatic rings. The van der Waals surface area contributed by atoms with Gasteiger partial charge in [-0.2, -0.15) is 18.3 Å². The first kappa shape index (κ1) is 21.1. The van der Waals surface area contributed by atoms with Crippen LogP contribution in [0.25, 0.3) is 11.5 Å². The number of furan rings is 1. The minimum Gasteiger partial charge on any atom is -0.448 e. The summed E-state index contributed by atoms with van der Waals surface area (Å²) in [5.41, 5.74) is 12.1. The van der Waals surface area contributed by atoms with E-state index in [1.165, 1.54) is 6.07 Å². The number of primary amides is 1. The Labute approximate surface area is 172 Å². The van der Waals surface area contributed by atoms with Crippen LogP contribution in [0.4, 0.5) is 13.2 Å². The Morgan fingerprint density at radius 3 is 2.62 bits per heavy atom. The van der Waals surface area contributed by atoms with Crippen LogP contribution in [-0.4, -0.2) is 22.2 Å². The molecule has 2 heterocycles. The molecule has 154 valence electrons. The van der Waals surface area contributed by atoms with Crippen LogP contribution in [0.15, 0.2) is 45.4 Å². The van der Waals surface area contributed by atoms with E-state index in [2.05, 4.69) is 21.0 Å². The van der Waals surface area contributed by atoms with Gasteiger partial charge in [-0.1, -0.05) is 18.2 Å². The molecule has 0 saturated heterocycles. The number of carbonyl (C=O) groups excluding carboxylic acids is 1. The van der Waals surface area contributed by atoms with E-state index in [0.717, 1.165) is 12.1 Å². The number of hydrogen-bond acceptors (Lipinski definition) is 4. The summed E-state index contributed by atoms with van der Waals surface area (Å²) in [5.74, 6) is -1.04. The normalized spacial score (nSPS) is 12.9. The summed E-state index contributed by atoms with van der Waals surface area (Å²) in [5, 5.41) is 4.07. The molecule has 1 atom stereocenters. The molecular formula is C19H18BrF3N4O2. The highest BCUT2D eigenvalue weighted by molar-refractivity contribution is 9.10. The zero-order valence-electron chi connectivity index (χ0n) is 15.3. The molecule has 1 amide bonds. The van der Waals surface area contributed by atoms with E-state index < -0.39 is 23.6 Å². The van der Waals surface area contributed by atoms with Gasteiger partial charge in [-0.25, -0.2) is 0 Å². The maximum absolute atomic E-state index is 13.0. The highest BCUT2D eigenvalue weighted by atomic mass is 79.9. The Kier molecular flexibility index (Phi) is 5.85. The number of benzene rings is 1. The van der Waals surface area contributed by atoms with Crippen molar-refractivity contribution < 1.29 is 22.4 Å². The molecule has 10 heteroatoms. The van der Waals surface area contributed by atoms with Gasteiger partial charge in [0.15, 0.2) is 11.5 Å². The number of hydrogen-bond donors (Lipinski definition) is 2. The summed E-state index contributed by atoms with van der Waals surface area (Å²) in [6.07, 6.45) is -2.71. The molecule has 2 aromatic heterocycles. The molecule has 29 heavy (non-hydrogen) atoms. The first-order valence-electron chi connectivity index (χ1n) is 8.60. The maximum atomic E-state index is 13.0. The van der Waals surface area contributed by atoms with Crippen molar-refractivity contribution in [2.75, 3.05) is 6.54 Å². The highest BCUT2D eigenvalue weighted by Crippen LogP contribution is 2.40. The van der Waals surface area contributed by atoms with Crippen molar-refractivity contribution in [3.05, 3.63) is 63.5 Å². The van der Waals surface area contributed by atoms with Crippen molar-refractivity contribution in [3.8, 4) is 11.5 Å². The molecule has 0 unspecified atom stereocenters. The number of alkyl halides is 3. The molecule has 0 aliphatic heterocycles. The van der Waals surface area contributed by atoms with Gasteiger partial charge in [0.25, 0.3) is 5.91 Å². The predicted octanol–water partition coefficient (Wildman–Crippen LogP) is 3.85. The van der Waals surface area contributed by atoms with Gasteiger partial charge < -0.3 is 15.9 Å². The van der Waals surface area contributed by atoms with E-state index in [9.17, 15) is 18.0 Å². The van der Waals surface area contributed by atoms with Crippen LogP contribution < -0.4 is 11.5 Å².